The van der Waals surface area contributed by atoms with Crippen molar-refractivity contribution in [1.29, 1.82) is 0 Å². The minimum Gasteiger partial charge on any atom is -0.344 e. The van der Waals surface area contributed by atoms with Crippen molar-refractivity contribution in [1.82, 2.24) is 4.90 Å². The molecule has 0 saturated carbocycles. The van der Waals surface area contributed by atoms with Crippen LogP contribution < -0.4 is 4.90 Å². The van der Waals surface area contributed by atoms with Crippen molar-refractivity contribution < 1.29 is 23.2 Å². The van der Waals surface area contributed by atoms with Crippen LogP contribution >= 0.6 is 0 Å². The van der Waals surface area contributed by atoms with Gasteiger partial charge in [-0.25, -0.2) is 8.78 Å². The first-order valence-electron chi connectivity index (χ1n) is 5.96. The number of carbonyl (C=O) groups excluding carboxylic acids is 3. The van der Waals surface area contributed by atoms with Gasteiger partial charge < -0.3 is 4.90 Å². The lowest BCUT2D eigenvalue weighted by atomic mass is 10.1. The summed E-state index contributed by atoms with van der Waals surface area (Å²) in [4.78, 5) is 37.3. The van der Waals surface area contributed by atoms with Crippen molar-refractivity contribution in [2.75, 3.05) is 25.0 Å². The normalized spacial score (nSPS) is 13.7. The molecule has 0 unspecified atom stereocenters. The van der Waals surface area contributed by atoms with E-state index in [2.05, 4.69) is 0 Å². The van der Waals surface area contributed by atoms with E-state index in [1.54, 1.807) is 6.92 Å². The largest absolute Gasteiger partial charge is 0.344 e. The van der Waals surface area contributed by atoms with E-state index in [0.29, 0.717) is 12.6 Å². The molecular formula is C13H12F2N2O3. The molecule has 0 aliphatic carbocycles. The Kier molecular flexibility index (Phi) is 3.52. The number of likely N-dealkylation sites (N-methyl/N-ethyl adjacent to an activating group) is 1. The number of carbonyl (C=O) groups is 3. The first kappa shape index (κ1) is 14.1. The van der Waals surface area contributed by atoms with Gasteiger partial charge in [0.1, 0.15) is 12.4 Å². The van der Waals surface area contributed by atoms with E-state index in [0.717, 1.165) is 11.0 Å². The fourth-order valence-electron chi connectivity index (χ4n) is 1.94. The van der Waals surface area contributed by atoms with Gasteiger partial charge in [-0.1, -0.05) is 0 Å². The van der Waals surface area contributed by atoms with Crippen LogP contribution in [0.3, 0.4) is 0 Å². The molecule has 0 fully saturated rings. The van der Waals surface area contributed by atoms with Crippen molar-refractivity contribution in [2.24, 2.45) is 0 Å². The van der Waals surface area contributed by atoms with E-state index in [4.69, 9.17) is 0 Å². The maximum Gasteiger partial charge on any atom is 0.300 e. The van der Waals surface area contributed by atoms with Crippen molar-refractivity contribution >= 4 is 23.3 Å². The monoisotopic (exact) mass is 282 g/mol. The lowest BCUT2D eigenvalue weighted by Gasteiger charge is -2.20. The summed E-state index contributed by atoms with van der Waals surface area (Å²) >= 11 is 0. The molecule has 2 amide bonds. The zero-order chi connectivity index (χ0) is 15.0. The number of Topliss-reactive ketones (excluding diaryl/α,β-unsaturated/α-hetero) is 1. The molecule has 1 aromatic rings. The Morgan fingerprint density at radius 1 is 1.30 bits per heavy atom. The van der Waals surface area contributed by atoms with Gasteiger partial charge in [0, 0.05) is 19.7 Å². The molecule has 0 atom stereocenters. The SMILES string of the molecule is CCN(C)C(=O)CN1C(=O)C(=O)c2cc(F)cc(F)c21. The Hall–Kier alpha value is -2.31. The summed E-state index contributed by atoms with van der Waals surface area (Å²) in [7, 11) is 1.52. The van der Waals surface area contributed by atoms with E-state index in [1.807, 2.05) is 0 Å². The molecule has 2 rings (SSSR count). The zero-order valence-corrected chi connectivity index (χ0v) is 10.9. The summed E-state index contributed by atoms with van der Waals surface area (Å²) in [5, 5.41) is 0. The molecule has 0 saturated heterocycles. The molecule has 1 aliphatic rings. The molecule has 106 valence electrons. The molecular weight excluding hydrogens is 270 g/mol. The summed E-state index contributed by atoms with van der Waals surface area (Å²) in [6.07, 6.45) is 0. The first-order chi connectivity index (χ1) is 9.36. The highest BCUT2D eigenvalue weighted by Crippen LogP contribution is 2.32. The Morgan fingerprint density at radius 3 is 2.55 bits per heavy atom. The Labute approximate surface area is 113 Å². The average molecular weight is 282 g/mol. The molecule has 0 spiro atoms. The van der Waals surface area contributed by atoms with Gasteiger partial charge in [-0.3, -0.25) is 19.3 Å². The smallest absolute Gasteiger partial charge is 0.300 e. The van der Waals surface area contributed by atoms with E-state index < -0.39 is 35.8 Å². The number of fused-ring (bicyclic) bond motifs is 1. The number of hydrogen-bond donors (Lipinski definition) is 0. The van der Waals surface area contributed by atoms with Crippen LogP contribution in [0, 0.1) is 11.6 Å². The lowest BCUT2D eigenvalue weighted by molar-refractivity contribution is -0.129. The summed E-state index contributed by atoms with van der Waals surface area (Å²) in [5.74, 6) is -4.45. The van der Waals surface area contributed by atoms with E-state index in [1.165, 1.54) is 11.9 Å². The standard InChI is InChI=1S/C13H12F2N2O3/c1-3-16(2)10(18)6-17-11-8(12(19)13(17)20)4-7(14)5-9(11)15/h4-5H,3,6H2,1-2H3. The Morgan fingerprint density at radius 2 is 1.95 bits per heavy atom. The molecule has 20 heavy (non-hydrogen) atoms. The third kappa shape index (κ3) is 2.15. The number of benzene rings is 1. The van der Waals surface area contributed by atoms with E-state index >= 15 is 0 Å². The fourth-order valence-corrected chi connectivity index (χ4v) is 1.94. The molecule has 5 nitrogen and oxygen atoms in total. The maximum absolute atomic E-state index is 13.8. The second kappa shape index (κ2) is 4.99. The number of nitrogens with zero attached hydrogens (tertiary/aromatic N) is 2. The maximum atomic E-state index is 13.8. The molecule has 1 heterocycles. The van der Waals surface area contributed by atoms with Crippen LogP contribution in [0.25, 0.3) is 0 Å². The van der Waals surface area contributed by atoms with Crippen LogP contribution in [0.2, 0.25) is 0 Å². The molecule has 0 N–H and O–H groups in total. The quantitative estimate of drug-likeness (QED) is 0.776. The second-order valence-electron chi connectivity index (χ2n) is 4.41. The topological polar surface area (TPSA) is 57.7 Å². The van der Waals surface area contributed by atoms with Crippen molar-refractivity contribution in [3.63, 3.8) is 0 Å². The summed E-state index contributed by atoms with van der Waals surface area (Å²) in [6, 6.07) is 1.37. The van der Waals surface area contributed by atoms with E-state index in [-0.39, 0.29) is 11.3 Å². The number of amides is 2. The summed E-state index contributed by atoms with van der Waals surface area (Å²) in [5.41, 5.74) is -0.682. The molecule has 0 radical (unpaired) electrons. The molecule has 1 aliphatic heterocycles. The molecule has 0 bridgehead atoms. The molecule has 0 aromatic heterocycles. The molecule has 1 aromatic carbocycles. The van der Waals surface area contributed by atoms with Crippen LogP contribution in [0.15, 0.2) is 12.1 Å². The van der Waals surface area contributed by atoms with Crippen molar-refractivity contribution in [3.05, 3.63) is 29.3 Å². The van der Waals surface area contributed by atoms with Gasteiger partial charge in [0.15, 0.2) is 5.82 Å². The Bertz CT molecular complexity index is 616. The van der Waals surface area contributed by atoms with Crippen LogP contribution in [0.5, 0.6) is 0 Å². The highest BCUT2D eigenvalue weighted by molar-refractivity contribution is 6.52. The van der Waals surface area contributed by atoms with Crippen LogP contribution in [0.1, 0.15) is 17.3 Å². The summed E-state index contributed by atoms with van der Waals surface area (Å²) < 4.78 is 26.9. The van der Waals surface area contributed by atoms with Crippen LogP contribution in [0.4, 0.5) is 14.5 Å². The highest BCUT2D eigenvalue weighted by Gasteiger charge is 2.39. The van der Waals surface area contributed by atoms with E-state index in [9.17, 15) is 23.2 Å². The van der Waals surface area contributed by atoms with Crippen LogP contribution in [-0.2, 0) is 9.59 Å². The predicted octanol–water partition coefficient (Wildman–Crippen LogP) is 0.972. The van der Waals surface area contributed by atoms with Gasteiger partial charge in [0.2, 0.25) is 5.91 Å². The van der Waals surface area contributed by atoms with Gasteiger partial charge in [-0.2, -0.15) is 0 Å². The average Bonchev–Trinajstić information content (AvgIpc) is 2.63. The predicted molar refractivity (Wildman–Crippen MR) is 66.4 cm³/mol. The van der Waals surface area contributed by atoms with Crippen LogP contribution in [-0.4, -0.2) is 42.6 Å². The highest BCUT2D eigenvalue weighted by atomic mass is 19.1. The van der Waals surface area contributed by atoms with Gasteiger partial charge in [0.05, 0.1) is 11.3 Å². The Balaban J connectivity index is 2.41. The van der Waals surface area contributed by atoms with Gasteiger partial charge in [0.25, 0.3) is 11.7 Å². The number of hydrogen-bond acceptors (Lipinski definition) is 3. The third-order valence-corrected chi connectivity index (χ3v) is 3.18. The number of ketones is 1. The number of anilines is 1. The molecule has 7 heteroatoms. The number of rotatable bonds is 3. The van der Waals surface area contributed by atoms with Crippen molar-refractivity contribution in [3.8, 4) is 0 Å². The lowest BCUT2D eigenvalue weighted by Crippen LogP contribution is -2.41. The first-order valence-corrected chi connectivity index (χ1v) is 5.96. The minimum atomic E-state index is -1.04. The fraction of sp³-hybridized carbons (Fsp3) is 0.308. The van der Waals surface area contributed by atoms with Crippen molar-refractivity contribution in [2.45, 2.75) is 6.92 Å². The number of halogens is 2. The minimum absolute atomic E-state index is 0.334. The third-order valence-electron chi connectivity index (χ3n) is 3.18. The van der Waals surface area contributed by atoms with Gasteiger partial charge in [-0.15, -0.1) is 0 Å². The summed E-state index contributed by atoms with van der Waals surface area (Å²) in [6.45, 7) is 1.69. The zero-order valence-electron chi connectivity index (χ0n) is 10.9. The van der Waals surface area contributed by atoms with Gasteiger partial charge in [-0.05, 0) is 13.0 Å². The van der Waals surface area contributed by atoms with Gasteiger partial charge >= 0.3 is 0 Å². The second-order valence-corrected chi connectivity index (χ2v) is 4.41.